The van der Waals surface area contributed by atoms with Crippen molar-refractivity contribution in [3.63, 3.8) is 0 Å². The molecule has 1 spiro atoms. The molecule has 3 nitrogen and oxygen atoms in total. The molecule has 3 heteroatoms. The van der Waals surface area contributed by atoms with Crippen molar-refractivity contribution in [1.29, 1.82) is 0 Å². The first-order chi connectivity index (χ1) is 11.2. The van der Waals surface area contributed by atoms with Crippen LogP contribution in [0.3, 0.4) is 0 Å². The fourth-order valence-electron chi connectivity index (χ4n) is 5.70. The molecule has 1 aromatic carbocycles. The Morgan fingerprint density at radius 3 is 2.78 bits per heavy atom. The van der Waals surface area contributed by atoms with Gasteiger partial charge in [0.2, 0.25) is 5.91 Å². The number of amides is 1. The molecule has 4 atom stereocenters. The third kappa shape index (κ3) is 2.50. The van der Waals surface area contributed by atoms with Gasteiger partial charge in [0, 0.05) is 24.5 Å². The SMILES string of the molecule is N[C@@H]1CC[C@@]23CCCN2C(=O)CCC[C@H]3[C@H]1Cc1ccccc1. The molecular formula is C20H28N2O. The molecule has 2 heterocycles. The van der Waals surface area contributed by atoms with Crippen LogP contribution in [-0.2, 0) is 11.2 Å². The summed E-state index contributed by atoms with van der Waals surface area (Å²) in [5, 5.41) is 0. The summed E-state index contributed by atoms with van der Waals surface area (Å²) in [5.41, 5.74) is 8.12. The van der Waals surface area contributed by atoms with Crippen LogP contribution in [0.5, 0.6) is 0 Å². The zero-order chi connectivity index (χ0) is 15.9. The summed E-state index contributed by atoms with van der Waals surface area (Å²) < 4.78 is 0. The maximum absolute atomic E-state index is 12.6. The minimum atomic E-state index is 0.128. The highest BCUT2D eigenvalue weighted by Crippen LogP contribution is 2.51. The van der Waals surface area contributed by atoms with Crippen LogP contribution < -0.4 is 5.73 Å². The lowest BCUT2D eigenvalue weighted by Gasteiger charge is -2.52. The Labute approximate surface area is 139 Å². The summed E-state index contributed by atoms with van der Waals surface area (Å²) in [4.78, 5) is 14.9. The third-order valence-electron chi connectivity index (χ3n) is 6.72. The van der Waals surface area contributed by atoms with Gasteiger partial charge in [-0.2, -0.15) is 0 Å². The van der Waals surface area contributed by atoms with E-state index in [1.165, 1.54) is 24.8 Å². The highest BCUT2D eigenvalue weighted by Gasteiger charge is 2.55. The smallest absolute Gasteiger partial charge is 0.223 e. The Morgan fingerprint density at radius 1 is 1.13 bits per heavy atom. The molecule has 4 rings (SSSR count). The minimum absolute atomic E-state index is 0.128. The van der Waals surface area contributed by atoms with Crippen molar-refractivity contribution < 1.29 is 4.79 Å². The number of carbonyl (C=O) groups is 1. The monoisotopic (exact) mass is 312 g/mol. The molecule has 0 unspecified atom stereocenters. The number of hydrogen-bond donors (Lipinski definition) is 1. The van der Waals surface area contributed by atoms with E-state index in [1.807, 2.05) is 0 Å². The number of nitrogens with two attached hydrogens (primary N) is 1. The summed E-state index contributed by atoms with van der Waals surface area (Å²) >= 11 is 0. The first-order valence-electron chi connectivity index (χ1n) is 9.31. The minimum Gasteiger partial charge on any atom is -0.337 e. The van der Waals surface area contributed by atoms with Gasteiger partial charge >= 0.3 is 0 Å². The van der Waals surface area contributed by atoms with Crippen molar-refractivity contribution in [1.82, 2.24) is 4.90 Å². The molecule has 23 heavy (non-hydrogen) atoms. The van der Waals surface area contributed by atoms with Gasteiger partial charge in [0.1, 0.15) is 0 Å². The van der Waals surface area contributed by atoms with E-state index < -0.39 is 0 Å². The molecule has 1 aliphatic carbocycles. The van der Waals surface area contributed by atoms with Crippen LogP contribution in [0.25, 0.3) is 0 Å². The summed E-state index contributed by atoms with van der Waals surface area (Å²) in [5.74, 6) is 1.50. The highest BCUT2D eigenvalue weighted by atomic mass is 16.2. The Balaban J connectivity index is 1.67. The zero-order valence-corrected chi connectivity index (χ0v) is 13.9. The predicted molar refractivity (Wildman–Crippen MR) is 91.9 cm³/mol. The third-order valence-corrected chi connectivity index (χ3v) is 6.72. The molecule has 0 radical (unpaired) electrons. The van der Waals surface area contributed by atoms with Gasteiger partial charge in [-0.25, -0.2) is 0 Å². The molecule has 3 aliphatic rings. The lowest BCUT2D eigenvalue weighted by Crippen LogP contribution is -2.59. The van der Waals surface area contributed by atoms with Crippen LogP contribution in [0.4, 0.5) is 0 Å². The van der Waals surface area contributed by atoms with Crippen LogP contribution in [0, 0.1) is 11.8 Å². The number of nitrogens with zero attached hydrogens (tertiary/aromatic N) is 1. The van der Waals surface area contributed by atoms with Crippen LogP contribution in [0.15, 0.2) is 30.3 Å². The molecule has 0 aromatic heterocycles. The maximum Gasteiger partial charge on any atom is 0.223 e. The van der Waals surface area contributed by atoms with Crippen molar-refractivity contribution in [3.05, 3.63) is 35.9 Å². The Bertz CT molecular complexity index is 572. The largest absolute Gasteiger partial charge is 0.337 e. The first kappa shape index (κ1) is 15.2. The van der Waals surface area contributed by atoms with Gasteiger partial charge in [0.15, 0.2) is 0 Å². The van der Waals surface area contributed by atoms with Gasteiger partial charge in [-0.15, -0.1) is 0 Å². The molecular weight excluding hydrogens is 284 g/mol. The quantitative estimate of drug-likeness (QED) is 0.912. The lowest BCUT2D eigenvalue weighted by molar-refractivity contribution is -0.138. The molecule has 1 aromatic rings. The molecule has 3 fully saturated rings. The second kappa shape index (κ2) is 5.94. The summed E-state index contributed by atoms with van der Waals surface area (Å²) in [7, 11) is 0. The van der Waals surface area contributed by atoms with Crippen molar-refractivity contribution >= 4 is 5.91 Å². The number of benzene rings is 1. The maximum atomic E-state index is 12.6. The Hall–Kier alpha value is -1.35. The average molecular weight is 312 g/mol. The topological polar surface area (TPSA) is 46.3 Å². The molecule has 2 aliphatic heterocycles. The van der Waals surface area contributed by atoms with Crippen molar-refractivity contribution in [3.8, 4) is 0 Å². The van der Waals surface area contributed by atoms with Gasteiger partial charge in [0.25, 0.3) is 0 Å². The summed E-state index contributed by atoms with van der Waals surface area (Å²) in [6.45, 7) is 0.975. The van der Waals surface area contributed by atoms with Crippen LogP contribution in [0.1, 0.15) is 50.5 Å². The fraction of sp³-hybridized carbons (Fsp3) is 0.650. The van der Waals surface area contributed by atoms with Crippen molar-refractivity contribution in [2.75, 3.05) is 6.54 Å². The van der Waals surface area contributed by atoms with E-state index in [4.69, 9.17) is 5.73 Å². The second-order valence-corrected chi connectivity index (χ2v) is 7.81. The zero-order valence-electron chi connectivity index (χ0n) is 13.9. The van der Waals surface area contributed by atoms with E-state index in [2.05, 4.69) is 35.2 Å². The standard InChI is InChI=1S/C20H28N2O/c21-18-10-12-20-11-5-13-22(20)19(23)9-4-8-17(20)16(18)14-15-6-2-1-3-7-15/h1-3,6-7,16-18H,4-5,8-14,21H2/t16-,17+,18-,20-/m1/s1. The van der Waals surface area contributed by atoms with E-state index in [1.54, 1.807) is 0 Å². The normalized spacial score (nSPS) is 37.2. The molecule has 124 valence electrons. The van der Waals surface area contributed by atoms with E-state index >= 15 is 0 Å². The van der Waals surface area contributed by atoms with Crippen molar-refractivity contribution in [2.24, 2.45) is 17.6 Å². The number of hydrogen-bond acceptors (Lipinski definition) is 2. The summed E-state index contributed by atoms with van der Waals surface area (Å²) in [6, 6.07) is 11.1. The van der Waals surface area contributed by atoms with Crippen molar-refractivity contribution in [2.45, 2.75) is 62.9 Å². The number of rotatable bonds is 2. The lowest BCUT2D eigenvalue weighted by atomic mass is 9.61. The summed E-state index contributed by atoms with van der Waals surface area (Å²) in [6.07, 6.45) is 8.58. The predicted octanol–water partition coefficient (Wildman–Crippen LogP) is 3.13. The molecule has 1 amide bonds. The van der Waals surface area contributed by atoms with E-state index in [0.717, 1.165) is 38.6 Å². The fourth-order valence-corrected chi connectivity index (χ4v) is 5.70. The Kier molecular flexibility index (Phi) is 3.92. The van der Waals surface area contributed by atoms with Crippen LogP contribution >= 0.6 is 0 Å². The van der Waals surface area contributed by atoms with Crippen LogP contribution in [-0.4, -0.2) is 28.9 Å². The second-order valence-electron chi connectivity index (χ2n) is 7.81. The molecule has 0 bridgehead atoms. The van der Waals surface area contributed by atoms with E-state index in [-0.39, 0.29) is 11.6 Å². The van der Waals surface area contributed by atoms with Gasteiger partial charge in [0.05, 0.1) is 0 Å². The van der Waals surface area contributed by atoms with E-state index in [9.17, 15) is 4.79 Å². The van der Waals surface area contributed by atoms with Gasteiger partial charge in [-0.3, -0.25) is 4.79 Å². The molecule has 2 saturated heterocycles. The average Bonchev–Trinajstić information content (AvgIpc) is 2.93. The number of carbonyl (C=O) groups excluding carboxylic acids is 1. The highest BCUT2D eigenvalue weighted by molar-refractivity contribution is 5.78. The van der Waals surface area contributed by atoms with Gasteiger partial charge < -0.3 is 10.6 Å². The Morgan fingerprint density at radius 2 is 1.96 bits per heavy atom. The van der Waals surface area contributed by atoms with Gasteiger partial charge in [-0.05, 0) is 62.3 Å². The molecule has 2 N–H and O–H groups in total. The van der Waals surface area contributed by atoms with Gasteiger partial charge in [-0.1, -0.05) is 30.3 Å². The van der Waals surface area contributed by atoms with E-state index in [0.29, 0.717) is 17.7 Å². The molecule has 1 saturated carbocycles. The van der Waals surface area contributed by atoms with Crippen LogP contribution in [0.2, 0.25) is 0 Å². The first-order valence-corrected chi connectivity index (χ1v) is 9.31.